The molecule has 1 fully saturated rings. The van der Waals surface area contributed by atoms with E-state index >= 15 is 0 Å². The molecule has 11 nitrogen and oxygen atoms in total. The molecule has 0 radical (unpaired) electrons. The zero-order valence-electron chi connectivity index (χ0n) is 15.4. The van der Waals surface area contributed by atoms with E-state index in [9.17, 15) is 24.3 Å². The van der Waals surface area contributed by atoms with Crippen molar-refractivity contribution in [1.29, 1.82) is 0 Å². The molecule has 1 saturated heterocycles. The maximum atomic E-state index is 12.6. The number of carbonyl (C=O) groups excluding carboxylic acids is 3. The lowest BCUT2D eigenvalue weighted by molar-refractivity contribution is -0.150. The summed E-state index contributed by atoms with van der Waals surface area (Å²) in [6.07, 6.45) is 2.66. The van der Waals surface area contributed by atoms with Crippen molar-refractivity contribution in [3.8, 4) is 0 Å². The first-order valence-corrected chi connectivity index (χ1v) is 9.38. The summed E-state index contributed by atoms with van der Waals surface area (Å²) in [5.74, 6) is -2.89. The lowest BCUT2D eigenvalue weighted by Crippen LogP contribution is -2.71. The maximum Gasteiger partial charge on any atom is 0.352 e. The maximum absolute atomic E-state index is 12.6. The zero-order valence-corrected chi connectivity index (χ0v) is 16.2. The Balaban J connectivity index is 1.77. The van der Waals surface area contributed by atoms with Crippen molar-refractivity contribution in [2.75, 3.05) is 19.5 Å². The molecule has 2 unspecified atom stereocenters. The number of thioether (sulfide) groups is 1. The quantitative estimate of drug-likeness (QED) is 0.266. The number of β-lactam (4-membered cyclic amide) rings is 1. The molecule has 2 aliphatic rings. The summed E-state index contributed by atoms with van der Waals surface area (Å²) in [4.78, 5) is 53.7. The van der Waals surface area contributed by atoms with Gasteiger partial charge in [-0.05, 0) is 6.07 Å². The Hall–Kier alpha value is -3.28. The first kappa shape index (κ1) is 20.5. The van der Waals surface area contributed by atoms with Crippen LogP contribution in [0.5, 0.6) is 0 Å². The largest absolute Gasteiger partial charge is 0.477 e. The number of fused-ring (bicyclic) bond motifs is 1. The van der Waals surface area contributed by atoms with Crippen LogP contribution in [0.25, 0.3) is 0 Å². The third-order valence-corrected chi connectivity index (χ3v) is 5.52. The molecule has 12 heteroatoms. The van der Waals surface area contributed by atoms with Gasteiger partial charge in [0.1, 0.15) is 30.8 Å². The van der Waals surface area contributed by atoms with Crippen LogP contribution in [0.4, 0.5) is 0 Å². The van der Waals surface area contributed by atoms with Gasteiger partial charge in [-0.3, -0.25) is 19.3 Å². The molecule has 0 aliphatic carbocycles. The number of oxime groups is 1. The molecule has 0 bridgehead atoms. The van der Waals surface area contributed by atoms with Crippen molar-refractivity contribution in [2.24, 2.45) is 5.16 Å². The van der Waals surface area contributed by atoms with Crippen LogP contribution in [0.2, 0.25) is 0 Å². The SMILES string of the molecule is CON=C(C(=O)NC1C(=O)N2C(C(=O)O)=C(COC(C)=O)CSC12)c1ccoc1. The Morgan fingerprint density at radius 2 is 2.21 bits per heavy atom. The number of hydrogen-bond acceptors (Lipinski definition) is 9. The van der Waals surface area contributed by atoms with Crippen molar-refractivity contribution in [3.63, 3.8) is 0 Å². The van der Waals surface area contributed by atoms with Gasteiger partial charge in [0, 0.05) is 23.8 Å². The monoisotopic (exact) mass is 423 g/mol. The third-order valence-electron chi connectivity index (χ3n) is 4.18. The standard InChI is InChI=1S/C17H17N3O8S/c1-8(21)28-6-10-7-29-16-12(15(23)20(16)13(10)17(24)25)18-14(22)11(19-26-2)9-3-4-27-5-9/h3-5,12,16H,6-7H2,1-2H3,(H,18,22)(H,24,25). The third kappa shape index (κ3) is 3.97. The molecule has 0 spiro atoms. The summed E-state index contributed by atoms with van der Waals surface area (Å²) in [6, 6.07) is 0.569. The molecule has 29 heavy (non-hydrogen) atoms. The average Bonchev–Trinajstić information content (AvgIpc) is 3.21. The fourth-order valence-electron chi connectivity index (χ4n) is 2.91. The van der Waals surface area contributed by atoms with Crippen LogP contribution < -0.4 is 5.32 Å². The predicted octanol–water partition coefficient (Wildman–Crippen LogP) is -0.0682. The number of aliphatic carboxylic acids is 1. The molecule has 3 heterocycles. The number of nitrogens with one attached hydrogen (secondary N) is 1. The van der Waals surface area contributed by atoms with Gasteiger partial charge in [-0.25, -0.2) is 4.79 Å². The van der Waals surface area contributed by atoms with Crippen LogP contribution in [0.15, 0.2) is 39.4 Å². The fourth-order valence-corrected chi connectivity index (χ4v) is 4.24. The highest BCUT2D eigenvalue weighted by Crippen LogP contribution is 2.40. The minimum atomic E-state index is -1.31. The number of carboxylic acid groups (broad SMARTS) is 1. The Bertz CT molecular complexity index is 908. The molecular weight excluding hydrogens is 406 g/mol. The number of hydrogen-bond donors (Lipinski definition) is 2. The second-order valence-electron chi connectivity index (χ2n) is 6.03. The first-order chi connectivity index (χ1) is 13.8. The van der Waals surface area contributed by atoms with E-state index in [1.807, 2.05) is 0 Å². The minimum absolute atomic E-state index is 0.0853. The number of amides is 2. The zero-order chi connectivity index (χ0) is 21.1. The summed E-state index contributed by atoms with van der Waals surface area (Å²) < 4.78 is 9.81. The average molecular weight is 423 g/mol. The Morgan fingerprint density at radius 1 is 1.45 bits per heavy atom. The van der Waals surface area contributed by atoms with E-state index in [1.165, 1.54) is 44.4 Å². The number of carboxylic acids is 1. The normalized spacial score (nSPS) is 21.2. The van der Waals surface area contributed by atoms with Crippen molar-refractivity contribution < 1.29 is 38.3 Å². The molecule has 2 atom stereocenters. The number of esters is 1. The van der Waals surface area contributed by atoms with E-state index < -0.39 is 35.2 Å². The Labute approximate surface area is 168 Å². The van der Waals surface area contributed by atoms with Crippen LogP contribution in [-0.4, -0.2) is 70.4 Å². The summed E-state index contributed by atoms with van der Waals surface area (Å²) in [5, 5.41) is 15.1. The molecule has 2 aliphatic heterocycles. The molecule has 0 aromatic carbocycles. The summed E-state index contributed by atoms with van der Waals surface area (Å²) >= 11 is 1.26. The number of carbonyl (C=O) groups is 4. The van der Waals surface area contributed by atoms with E-state index in [4.69, 9.17) is 9.15 Å². The minimum Gasteiger partial charge on any atom is -0.477 e. The smallest absolute Gasteiger partial charge is 0.352 e. The summed E-state index contributed by atoms with van der Waals surface area (Å²) in [5.41, 5.74) is 0.357. The molecule has 154 valence electrons. The van der Waals surface area contributed by atoms with E-state index in [1.54, 1.807) is 0 Å². The molecule has 0 saturated carbocycles. The first-order valence-electron chi connectivity index (χ1n) is 8.33. The van der Waals surface area contributed by atoms with E-state index in [0.29, 0.717) is 11.1 Å². The van der Waals surface area contributed by atoms with E-state index in [-0.39, 0.29) is 23.8 Å². The highest BCUT2D eigenvalue weighted by Gasteiger charge is 2.54. The van der Waals surface area contributed by atoms with Gasteiger partial charge in [-0.2, -0.15) is 0 Å². The van der Waals surface area contributed by atoms with Crippen molar-refractivity contribution in [2.45, 2.75) is 18.3 Å². The van der Waals surface area contributed by atoms with Gasteiger partial charge in [0.15, 0.2) is 5.71 Å². The molecule has 1 aromatic heterocycles. The van der Waals surface area contributed by atoms with Gasteiger partial charge in [-0.15, -0.1) is 11.8 Å². The molecule has 1 aromatic rings. The molecule has 2 N–H and O–H groups in total. The van der Waals surface area contributed by atoms with Crippen LogP contribution in [0, 0.1) is 0 Å². The second kappa shape index (κ2) is 8.39. The highest BCUT2D eigenvalue weighted by molar-refractivity contribution is 8.00. The lowest BCUT2D eigenvalue weighted by Gasteiger charge is -2.49. The van der Waals surface area contributed by atoms with Gasteiger partial charge in [0.2, 0.25) is 0 Å². The van der Waals surface area contributed by atoms with E-state index in [2.05, 4.69) is 15.3 Å². The lowest BCUT2D eigenvalue weighted by atomic mass is 10.0. The van der Waals surface area contributed by atoms with Crippen molar-refractivity contribution in [3.05, 3.63) is 35.4 Å². The van der Waals surface area contributed by atoms with Crippen LogP contribution in [0.1, 0.15) is 12.5 Å². The molecule has 3 rings (SSSR count). The Kier molecular flexibility index (Phi) is 5.92. The predicted molar refractivity (Wildman–Crippen MR) is 98.6 cm³/mol. The van der Waals surface area contributed by atoms with Crippen LogP contribution >= 0.6 is 11.8 Å². The summed E-state index contributed by atoms with van der Waals surface area (Å²) in [7, 11) is 1.27. The number of rotatable bonds is 7. The second-order valence-corrected chi connectivity index (χ2v) is 7.14. The Morgan fingerprint density at radius 3 is 2.79 bits per heavy atom. The van der Waals surface area contributed by atoms with Gasteiger partial charge in [0.05, 0.1) is 12.5 Å². The molecule has 2 amide bonds. The number of nitrogens with zero attached hydrogens (tertiary/aromatic N) is 2. The van der Waals surface area contributed by atoms with Gasteiger partial charge < -0.3 is 24.4 Å². The highest BCUT2D eigenvalue weighted by atomic mass is 32.2. The van der Waals surface area contributed by atoms with Gasteiger partial charge in [0.25, 0.3) is 11.8 Å². The fraction of sp³-hybridized carbons (Fsp3) is 0.353. The van der Waals surface area contributed by atoms with Gasteiger partial charge >= 0.3 is 11.9 Å². The van der Waals surface area contributed by atoms with Crippen molar-refractivity contribution >= 4 is 41.2 Å². The van der Waals surface area contributed by atoms with Crippen LogP contribution in [0.3, 0.4) is 0 Å². The topological polar surface area (TPSA) is 148 Å². The van der Waals surface area contributed by atoms with Crippen LogP contribution in [-0.2, 0) is 28.8 Å². The van der Waals surface area contributed by atoms with E-state index in [0.717, 1.165) is 4.90 Å². The number of furan rings is 1. The molecular formula is C17H17N3O8S. The van der Waals surface area contributed by atoms with Crippen molar-refractivity contribution in [1.82, 2.24) is 10.2 Å². The summed E-state index contributed by atoms with van der Waals surface area (Å²) in [6.45, 7) is 0.988. The van der Waals surface area contributed by atoms with Gasteiger partial charge in [-0.1, -0.05) is 5.16 Å². The number of ether oxygens (including phenoxy) is 1.